The Bertz CT molecular complexity index is 298. The normalized spacial score (nSPS) is 25.2. The highest BCUT2D eigenvalue weighted by Gasteiger charge is 2.18. The van der Waals surface area contributed by atoms with Crippen molar-refractivity contribution in [2.75, 3.05) is 26.2 Å². The number of hydrogen-bond donors (Lipinski definition) is 0. The molecule has 0 aromatic rings. The van der Waals surface area contributed by atoms with Crippen molar-refractivity contribution >= 4 is 0 Å². The molecule has 0 spiro atoms. The summed E-state index contributed by atoms with van der Waals surface area (Å²) in [4.78, 5) is 5.29. The molecule has 0 bridgehead atoms. The number of nitrogens with zero attached hydrogens (tertiary/aromatic N) is 2. The van der Waals surface area contributed by atoms with Crippen LogP contribution in [-0.2, 0) is 0 Å². The van der Waals surface area contributed by atoms with Gasteiger partial charge in [0.1, 0.15) is 0 Å². The molecular formula is C17H30N2. The van der Waals surface area contributed by atoms with E-state index in [2.05, 4.69) is 48.0 Å². The van der Waals surface area contributed by atoms with Crippen LogP contribution in [0.3, 0.4) is 0 Å². The molecule has 0 saturated heterocycles. The second-order valence-corrected chi connectivity index (χ2v) is 6.12. The second-order valence-electron chi connectivity index (χ2n) is 6.12. The van der Waals surface area contributed by atoms with Gasteiger partial charge in [0.15, 0.2) is 0 Å². The Morgan fingerprint density at radius 3 is 1.79 bits per heavy atom. The Labute approximate surface area is 119 Å². The Kier molecular flexibility index (Phi) is 6.12. The van der Waals surface area contributed by atoms with E-state index in [1.165, 1.54) is 51.7 Å². The van der Waals surface area contributed by atoms with Crippen LogP contribution in [0.15, 0.2) is 24.3 Å². The lowest BCUT2D eigenvalue weighted by atomic mass is 10.0. The minimum absolute atomic E-state index is 0.734. The van der Waals surface area contributed by atoms with Gasteiger partial charge in [-0.2, -0.15) is 0 Å². The van der Waals surface area contributed by atoms with E-state index in [9.17, 15) is 0 Å². The molecule has 108 valence electrons. The maximum absolute atomic E-state index is 2.67. The lowest BCUT2D eigenvalue weighted by Crippen LogP contribution is -2.38. The molecule has 0 aromatic heterocycles. The second kappa shape index (κ2) is 7.86. The molecule has 2 aliphatic rings. The Hall–Kier alpha value is -0.600. The molecular weight excluding hydrogens is 232 g/mol. The molecule has 2 heterocycles. The number of rotatable bonds is 5. The first kappa shape index (κ1) is 14.8. The maximum Gasteiger partial charge on any atom is 0.0166 e. The van der Waals surface area contributed by atoms with Crippen molar-refractivity contribution in [1.82, 2.24) is 9.80 Å². The summed E-state index contributed by atoms with van der Waals surface area (Å²) in [6, 6.07) is 1.47. The fourth-order valence-electron chi connectivity index (χ4n) is 3.18. The fraction of sp³-hybridized carbons (Fsp3) is 0.765. The van der Waals surface area contributed by atoms with Crippen LogP contribution in [0.25, 0.3) is 0 Å². The third-order valence-corrected chi connectivity index (χ3v) is 4.67. The summed E-state index contributed by atoms with van der Waals surface area (Å²) in [6.45, 7) is 9.71. The molecule has 0 fully saturated rings. The van der Waals surface area contributed by atoms with E-state index < -0.39 is 0 Å². The van der Waals surface area contributed by atoms with Crippen molar-refractivity contribution in [3.05, 3.63) is 24.3 Å². The molecule has 2 unspecified atom stereocenters. The van der Waals surface area contributed by atoms with Crippen molar-refractivity contribution in [3.8, 4) is 0 Å². The summed E-state index contributed by atoms with van der Waals surface area (Å²) in [6.07, 6.45) is 15.7. The minimum atomic E-state index is 0.734. The van der Waals surface area contributed by atoms with Gasteiger partial charge >= 0.3 is 0 Å². The van der Waals surface area contributed by atoms with Gasteiger partial charge in [0.2, 0.25) is 0 Å². The van der Waals surface area contributed by atoms with Gasteiger partial charge in [-0.3, -0.25) is 4.90 Å². The van der Waals surface area contributed by atoms with Crippen molar-refractivity contribution in [2.24, 2.45) is 0 Å². The van der Waals surface area contributed by atoms with Crippen molar-refractivity contribution in [2.45, 2.75) is 58.0 Å². The summed E-state index contributed by atoms with van der Waals surface area (Å²) in [5, 5.41) is 0. The van der Waals surface area contributed by atoms with E-state index in [0.717, 1.165) is 18.6 Å². The molecule has 2 nitrogen and oxygen atoms in total. The smallest absolute Gasteiger partial charge is 0.0166 e. The standard InChI is InChI=1S/C17H30N2/c1-16(18-12-6-3-4-7-13-18)10-11-17(2)19-14-8-5-9-15-19/h3-5,8,16-17H,6-7,9-15H2,1-2H3. The predicted octanol–water partition coefficient (Wildman–Crippen LogP) is 3.46. The van der Waals surface area contributed by atoms with Crippen LogP contribution >= 0.6 is 0 Å². The molecule has 0 aliphatic carbocycles. The molecule has 0 amide bonds. The van der Waals surface area contributed by atoms with Gasteiger partial charge in [0, 0.05) is 38.3 Å². The van der Waals surface area contributed by atoms with E-state index in [0.29, 0.717) is 0 Å². The van der Waals surface area contributed by atoms with Gasteiger partial charge in [0.25, 0.3) is 0 Å². The molecule has 0 saturated carbocycles. The van der Waals surface area contributed by atoms with Crippen molar-refractivity contribution < 1.29 is 0 Å². The molecule has 0 aromatic carbocycles. The highest BCUT2D eigenvalue weighted by Crippen LogP contribution is 2.16. The first-order chi connectivity index (χ1) is 9.27. The average Bonchev–Trinajstić information content (AvgIpc) is 2.74. The zero-order valence-electron chi connectivity index (χ0n) is 12.7. The summed E-state index contributed by atoms with van der Waals surface area (Å²) in [5.74, 6) is 0. The van der Waals surface area contributed by atoms with E-state index in [4.69, 9.17) is 0 Å². The molecule has 19 heavy (non-hydrogen) atoms. The molecule has 2 heteroatoms. The van der Waals surface area contributed by atoms with Gasteiger partial charge in [-0.15, -0.1) is 0 Å². The quantitative estimate of drug-likeness (QED) is 0.700. The largest absolute Gasteiger partial charge is 0.300 e. The van der Waals surface area contributed by atoms with Crippen molar-refractivity contribution in [1.29, 1.82) is 0 Å². The van der Waals surface area contributed by atoms with E-state index in [-0.39, 0.29) is 0 Å². The highest BCUT2D eigenvalue weighted by atomic mass is 15.2. The van der Waals surface area contributed by atoms with Crippen LogP contribution in [0.4, 0.5) is 0 Å². The zero-order chi connectivity index (χ0) is 13.5. The monoisotopic (exact) mass is 262 g/mol. The van der Waals surface area contributed by atoms with Gasteiger partial charge in [0.05, 0.1) is 0 Å². The SMILES string of the molecule is CC(CCC(C)N1CCC=CCC1)N1CC=CCC1. The molecule has 2 aliphatic heterocycles. The third-order valence-electron chi connectivity index (χ3n) is 4.67. The topological polar surface area (TPSA) is 6.48 Å². The van der Waals surface area contributed by atoms with E-state index >= 15 is 0 Å². The highest BCUT2D eigenvalue weighted by molar-refractivity contribution is 4.92. The van der Waals surface area contributed by atoms with Gasteiger partial charge in [-0.05, 0) is 46.0 Å². The van der Waals surface area contributed by atoms with E-state index in [1.54, 1.807) is 0 Å². The molecule has 2 rings (SSSR count). The average molecular weight is 262 g/mol. The molecule has 2 atom stereocenters. The van der Waals surface area contributed by atoms with Gasteiger partial charge in [-0.1, -0.05) is 24.3 Å². The van der Waals surface area contributed by atoms with Crippen molar-refractivity contribution in [3.63, 3.8) is 0 Å². The summed E-state index contributed by atoms with van der Waals surface area (Å²) >= 11 is 0. The third kappa shape index (κ3) is 4.77. The van der Waals surface area contributed by atoms with E-state index in [1.807, 2.05) is 0 Å². The Morgan fingerprint density at radius 1 is 0.737 bits per heavy atom. The van der Waals surface area contributed by atoms with Gasteiger partial charge < -0.3 is 4.90 Å². The van der Waals surface area contributed by atoms with Gasteiger partial charge in [-0.25, -0.2) is 0 Å². The first-order valence-electron chi connectivity index (χ1n) is 8.05. The lowest BCUT2D eigenvalue weighted by molar-refractivity contribution is 0.172. The number of hydrogen-bond acceptors (Lipinski definition) is 2. The maximum atomic E-state index is 2.67. The Balaban J connectivity index is 1.70. The van der Waals surface area contributed by atoms with Crippen LogP contribution in [0.1, 0.15) is 46.0 Å². The predicted molar refractivity (Wildman–Crippen MR) is 83.4 cm³/mol. The van der Waals surface area contributed by atoms with Crippen LogP contribution in [0.2, 0.25) is 0 Å². The Morgan fingerprint density at radius 2 is 1.21 bits per heavy atom. The van der Waals surface area contributed by atoms with Crippen LogP contribution in [0.5, 0.6) is 0 Å². The summed E-state index contributed by atoms with van der Waals surface area (Å²) < 4.78 is 0. The lowest BCUT2D eigenvalue weighted by Gasteiger charge is -2.33. The summed E-state index contributed by atoms with van der Waals surface area (Å²) in [5.41, 5.74) is 0. The zero-order valence-corrected chi connectivity index (χ0v) is 12.7. The fourth-order valence-corrected chi connectivity index (χ4v) is 3.18. The van der Waals surface area contributed by atoms with Crippen LogP contribution in [-0.4, -0.2) is 48.1 Å². The van der Waals surface area contributed by atoms with Crippen LogP contribution in [0, 0.1) is 0 Å². The van der Waals surface area contributed by atoms with Crippen LogP contribution < -0.4 is 0 Å². The first-order valence-corrected chi connectivity index (χ1v) is 8.05. The minimum Gasteiger partial charge on any atom is -0.300 e. The molecule has 0 N–H and O–H groups in total. The summed E-state index contributed by atoms with van der Waals surface area (Å²) in [7, 11) is 0. The molecule has 0 radical (unpaired) electrons.